The van der Waals surface area contributed by atoms with Gasteiger partial charge in [0.25, 0.3) is 0 Å². The summed E-state index contributed by atoms with van der Waals surface area (Å²) in [6.07, 6.45) is -0.289. The third-order valence-electron chi connectivity index (χ3n) is 3.52. The van der Waals surface area contributed by atoms with Gasteiger partial charge in [-0.25, -0.2) is 4.79 Å². The number of amides is 2. The van der Waals surface area contributed by atoms with Crippen LogP contribution in [-0.4, -0.2) is 29.8 Å². The number of carbonyl (C=O) groups excluding carboxylic acids is 2. The number of ether oxygens (including phenoxy) is 2. The molecule has 1 aliphatic heterocycles. The van der Waals surface area contributed by atoms with Crippen LogP contribution in [0.4, 0.5) is 4.79 Å². The van der Waals surface area contributed by atoms with Gasteiger partial charge in [0.2, 0.25) is 0 Å². The van der Waals surface area contributed by atoms with E-state index in [9.17, 15) is 14.7 Å². The van der Waals surface area contributed by atoms with Crippen molar-refractivity contribution in [1.82, 2.24) is 10.6 Å². The van der Waals surface area contributed by atoms with E-state index in [1.54, 1.807) is 32.9 Å². The quantitative estimate of drug-likeness (QED) is 0.718. The standard InChI is InChI=1S/C17H22N2O5/c1-5-23-13-8-11(6-7-12(13)20)15-14(16(21)24-9(2)3)10(4)18-17(22)19-15/h6-9,14-15,20H,4-5H2,1-3H3,(H2,18,19,22). The molecule has 2 amide bonds. The minimum Gasteiger partial charge on any atom is -0.504 e. The van der Waals surface area contributed by atoms with Crippen LogP contribution in [0.1, 0.15) is 32.4 Å². The van der Waals surface area contributed by atoms with E-state index in [-0.39, 0.29) is 23.3 Å². The zero-order valence-corrected chi connectivity index (χ0v) is 14.0. The summed E-state index contributed by atoms with van der Waals surface area (Å²) in [5, 5.41) is 15.0. The summed E-state index contributed by atoms with van der Waals surface area (Å²) in [7, 11) is 0. The summed E-state index contributed by atoms with van der Waals surface area (Å²) >= 11 is 0. The number of phenols is 1. The fraction of sp³-hybridized carbons (Fsp3) is 0.412. The Morgan fingerprint density at radius 2 is 2.12 bits per heavy atom. The Bertz CT molecular complexity index is 656. The highest BCUT2D eigenvalue weighted by atomic mass is 16.5. The highest BCUT2D eigenvalue weighted by molar-refractivity contribution is 5.85. The van der Waals surface area contributed by atoms with E-state index in [4.69, 9.17) is 9.47 Å². The van der Waals surface area contributed by atoms with Crippen LogP contribution in [0.25, 0.3) is 0 Å². The summed E-state index contributed by atoms with van der Waals surface area (Å²) < 4.78 is 10.6. The molecule has 1 aromatic rings. The van der Waals surface area contributed by atoms with Crippen molar-refractivity contribution < 1.29 is 24.2 Å². The predicted octanol–water partition coefficient (Wildman–Crippen LogP) is 2.23. The topological polar surface area (TPSA) is 96.9 Å². The first-order valence-electron chi connectivity index (χ1n) is 7.76. The van der Waals surface area contributed by atoms with Gasteiger partial charge >= 0.3 is 12.0 Å². The maximum Gasteiger partial charge on any atom is 0.319 e. The largest absolute Gasteiger partial charge is 0.504 e. The van der Waals surface area contributed by atoms with Gasteiger partial charge in [0.15, 0.2) is 11.5 Å². The average Bonchev–Trinajstić information content (AvgIpc) is 2.48. The van der Waals surface area contributed by atoms with Crippen LogP contribution in [0.15, 0.2) is 30.5 Å². The zero-order chi connectivity index (χ0) is 17.9. The minimum atomic E-state index is -0.788. The molecule has 24 heavy (non-hydrogen) atoms. The number of esters is 1. The molecule has 0 saturated carbocycles. The number of carbonyl (C=O) groups is 2. The SMILES string of the molecule is C=C1NC(=O)NC(c2ccc(O)c(OCC)c2)C1C(=O)OC(C)C. The van der Waals surface area contributed by atoms with Crippen molar-refractivity contribution in [2.24, 2.45) is 5.92 Å². The zero-order valence-electron chi connectivity index (χ0n) is 14.0. The van der Waals surface area contributed by atoms with Crippen molar-refractivity contribution in [3.05, 3.63) is 36.0 Å². The Hall–Kier alpha value is -2.70. The van der Waals surface area contributed by atoms with Crippen molar-refractivity contribution in [2.75, 3.05) is 6.61 Å². The molecule has 1 aromatic carbocycles. The molecule has 0 aliphatic carbocycles. The number of rotatable bonds is 5. The number of aromatic hydroxyl groups is 1. The first kappa shape index (κ1) is 17.7. The average molecular weight is 334 g/mol. The van der Waals surface area contributed by atoms with Gasteiger partial charge in [-0.3, -0.25) is 4.79 Å². The molecule has 1 saturated heterocycles. The van der Waals surface area contributed by atoms with Gasteiger partial charge in [0.1, 0.15) is 5.92 Å². The van der Waals surface area contributed by atoms with Gasteiger partial charge in [0, 0.05) is 5.70 Å². The molecule has 1 heterocycles. The highest BCUT2D eigenvalue weighted by Crippen LogP contribution is 2.35. The first-order valence-corrected chi connectivity index (χ1v) is 7.76. The van der Waals surface area contributed by atoms with Crippen LogP contribution in [0.5, 0.6) is 11.5 Å². The van der Waals surface area contributed by atoms with Crippen molar-refractivity contribution >= 4 is 12.0 Å². The molecule has 0 spiro atoms. The van der Waals surface area contributed by atoms with Gasteiger partial charge in [-0.05, 0) is 38.5 Å². The lowest BCUT2D eigenvalue weighted by molar-refractivity contribution is -0.152. The molecular formula is C17H22N2O5. The molecule has 1 aliphatic rings. The molecular weight excluding hydrogens is 312 g/mol. The number of hydrogen-bond donors (Lipinski definition) is 3. The van der Waals surface area contributed by atoms with Gasteiger partial charge in [-0.1, -0.05) is 12.6 Å². The Kier molecular flexibility index (Phi) is 5.33. The Balaban J connectivity index is 2.39. The summed E-state index contributed by atoms with van der Waals surface area (Å²) in [5.74, 6) is -1.01. The van der Waals surface area contributed by atoms with Crippen molar-refractivity contribution in [3.8, 4) is 11.5 Å². The lowest BCUT2D eigenvalue weighted by atomic mass is 9.89. The summed E-state index contributed by atoms with van der Waals surface area (Å²) in [4.78, 5) is 24.2. The molecule has 0 aromatic heterocycles. The van der Waals surface area contributed by atoms with E-state index in [0.717, 1.165) is 0 Å². The second-order valence-electron chi connectivity index (χ2n) is 5.72. The number of benzene rings is 1. The highest BCUT2D eigenvalue weighted by Gasteiger charge is 2.39. The van der Waals surface area contributed by atoms with Crippen LogP contribution in [0.2, 0.25) is 0 Å². The minimum absolute atomic E-state index is 0.0130. The predicted molar refractivity (Wildman–Crippen MR) is 87.5 cm³/mol. The van der Waals surface area contributed by atoms with E-state index < -0.39 is 24.0 Å². The van der Waals surface area contributed by atoms with E-state index in [2.05, 4.69) is 17.2 Å². The Morgan fingerprint density at radius 1 is 1.42 bits per heavy atom. The molecule has 130 valence electrons. The summed E-state index contributed by atoms with van der Waals surface area (Å²) in [5.41, 5.74) is 0.874. The Morgan fingerprint density at radius 3 is 2.75 bits per heavy atom. The van der Waals surface area contributed by atoms with Crippen LogP contribution >= 0.6 is 0 Å². The molecule has 2 unspecified atom stereocenters. The molecule has 7 heteroatoms. The molecule has 0 bridgehead atoms. The van der Waals surface area contributed by atoms with Crippen LogP contribution < -0.4 is 15.4 Å². The van der Waals surface area contributed by atoms with Gasteiger partial charge < -0.3 is 25.2 Å². The molecule has 0 radical (unpaired) electrons. The van der Waals surface area contributed by atoms with Crippen LogP contribution in [0.3, 0.4) is 0 Å². The molecule has 2 atom stereocenters. The third kappa shape index (κ3) is 3.79. The van der Waals surface area contributed by atoms with E-state index >= 15 is 0 Å². The van der Waals surface area contributed by atoms with Crippen molar-refractivity contribution in [1.29, 1.82) is 0 Å². The monoisotopic (exact) mass is 334 g/mol. The van der Waals surface area contributed by atoms with E-state index in [1.165, 1.54) is 6.07 Å². The number of phenolic OH excluding ortho intramolecular Hbond substituents is 1. The maximum atomic E-state index is 12.4. The molecule has 7 nitrogen and oxygen atoms in total. The van der Waals surface area contributed by atoms with Gasteiger partial charge in [-0.15, -0.1) is 0 Å². The number of nitrogens with one attached hydrogen (secondary N) is 2. The van der Waals surface area contributed by atoms with E-state index in [1.807, 2.05) is 0 Å². The van der Waals surface area contributed by atoms with Crippen molar-refractivity contribution in [3.63, 3.8) is 0 Å². The fourth-order valence-corrected chi connectivity index (χ4v) is 2.54. The third-order valence-corrected chi connectivity index (χ3v) is 3.52. The second-order valence-corrected chi connectivity index (χ2v) is 5.72. The van der Waals surface area contributed by atoms with Gasteiger partial charge in [-0.2, -0.15) is 0 Å². The van der Waals surface area contributed by atoms with Crippen LogP contribution in [0, 0.1) is 5.92 Å². The summed E-state index contributed by atoms with van der Waals surface area (Å²) in [6, 6.07) is 3.55. The van der Waals surface area contributed by atoms with Crippen LogP contribution in [-0.2, 0) is 9.53 Å². The van der Waals surface area contributed by atoms with E-state index in [0.29, 0.717) is 12.2 Å². The second kappa shape index (κ2) is 7.25. The lowest BCUT2D eigenvalue weighted by Gasteiger charge is -2.33. The fourth-order valence-electron chi connectivity index (χ4n) is 2.54. The molecule has 1 fully saturated rings. The number of urea groups is 1. The maximum absolute atomic E-state index is 12.4. The van der Waals surface area contributed by atoms with Gasteiger partial charge in [0.05, 0.1) is 18.8 Å². The molecule has 3 N–H and O–H groups in total. The normalized spacial score (nSPS) is 20.3. The molecule has 2 rings (SSSR count). The lowest BCUT2D eigenvalue weighted by Crippen LogP contribution is -2.51. The Labute approximate surface area is 140 Å². The first-order chi connectivity index (χ1) is 11.3. The van der Waals surface area contributed by atoms with Crippen molar-refractivity contribution in [2.45, 2.75) is 32.9 Å². The number of hydrogen-bond acceptors (Lipinski definition) is 5. The summed E-state index contributed by atoms with van der Waals surface area (Å²) in [6.45, 7) is 9.44. The smallest absolute Gasteiger partial charge is 0.319 e.